The van der Waals surface area contributed by atoms with Crippen molar-refractivity contribution in [2.45, 2.75) is 38.4 Å². The molecular weight excluding hydrogens is 315 g/mol. The van der Waals surface area contributed by atoms with Gasteiger partial charge in [-0.2, -0.15) is 0 Å². The van der Waals surface area contributed by atoms with Crippen LogP contribution in [0.4, 0.5) is 4.39 Å². The first-order valence-corrected chi connectivity index (χ1v) is 7.32. The molecule has 1 N–H and O–H groups in total. The van der Waals surface area contributed by atoms with Gasteiger partial charge in [0.1, 0.15) is 17.7 Å². The minimum atomic E-state index is -0.844. The standard InChI is InChI=1S/C14H18BrFO3/c1-2-12(17)14-11(16)7-9(15)8-13(14)19-10-3-5-18-6-4-10/h7-8,10,12,17H,2-6H2,1H3/t12-/m0/s1. The highest BCUT2D eigenvalue weighted by atomic mass is 79.9. The van der Waals surface area contributed by atoms with E-state index in [4.69, 9.17) is 9.47 Å². The van der Waals surface area contributed by atoms with Crippen molar-refractivity contribution in [1.82, 2.24) is 0 Å². The predicted molar refractivity (Wildman–Crippen MR) is 73.8 cm³/mol. The molecule has 1 aliphatic heterocycles. The third-order valence-electron chi connectivity index (χ3n) is 3.24. The van der Waals surface area contributed by atoms with Crippen LogP contribution in [0.2, 0.25) is 0 Å². The van der Waals surface area contributed by atoms with Crippen LogP contribution >= 0.6 is 15.9 Å². The Morgan fingerprint density at radius 3 is 2.79 bits per heavy atom. The highest BCUT2D eigenvalue weighted by Gasteiger charge is 2.22. The number of ether oxygens (including phenoxy) is 2. The van der Waals surface area contributed by atoms with Crippen molar-refractivity contribution in [3.8, 4) is 5.75 Å². The van der Waals surface area contributed by atoms with Gasteiger partial charge < -0.3 is 14.6 Å². The fourth-order valence-electron chi connectivity index (χ4n) is 2.16. The third kappa shape index (κ3) is 3.68. The van der Waals surface area contributed by atoms with Crippen LogP contribution in [0.15, 0.2) is 16.6 Å². The van der Waals surface area contributed by atoms with E-state index in [1.807, 2.05) is 6.92 Å². The Morgan fingerprint density at radius 2 is 2.16 bits per heavy atom. The lowest BCUT2D eigenvalue weighted by Crippen LogP contribution is -2.26. The summed E-state index contributed by atoms with van der Waals surface area (Å²) in [4.78, 5) is 0. The molecule has 0 saturated carbocycles. The van der Waals surface area contributed by atoms with E-state index in [1.54, 1.807) is 6.07 Å². The van der Waals surface area contributed by atoms with Crippen molar-refractivity contribution in [3.05, 3.63) is 28.0 Å². The maximum Gasteiger partial charge on any atom is 0.133 e. The number of hydrogen-bond donors (Lipinski definition) is 1. The lowest BCUT2D eigenvalue weighted by atomic mass is 10.0. The lowest BCUT2D eigenvalue weighted by molar-refractivity contribution is 0.0237. The molecule has 2 rings (SSSR count). The van der Waals surface area contributed by atoms with Crippen LogP contribution in [0.3, 0.4) is 0 Å². The topological polar surface area (TPSA) is 38.7 Å². The molecule has 1 saturated heterocycles. The fourth-order valence-corrected chi connectivity index (χ4v) is 2.57. The average Bonchev–Trinajstić information content (AvgIpc) is 2.38. The number of rotatable bonds is 4. The molecule has 19 heavy (non-hydrogen) atoms. The van der Waals surface area contributed by atoms with Crippen molar-refractivity contribution in [2.75, 3.05) is 13.2 Å². The van der Waals surface area contributed by atoms with E-state index >= 15 is 0 Å². The zero-order valence-corrected chi connectivity index (χ0v) is 12.5. The van der Waals surface area contributed by atoms with Gasteiger partial charge in [0, 0.05) is 17.3 Å². The molecule has 3 nitrogen and oxygen atoms in total. The van der Waals surface area contributed by atoms with Gasteiger partial charge in [-0.15, -0.1) is 0 Å². The largest absolute Gasteiger partial charge is 0.490 e. The van der Waals surface area contributed by atoms with E-state index in [0.29, 0.717) is 29.9 Å². The molecule has 0 radical (unpaired) electrons. The lowest BCUT2D eigenvalue weighted by Gasteiger charge is -2.25. The zero-order valence-electron chi connectivity index (χ0n) is 10.9. The van der Waals surface area contributed by atoms with Gasteiger partial charge in [0.05, 0.1) is 24.9 Å². The van der Waals surface area contributed by atoms with E-state index < -0.39 is 11.9 Å². The highest BCUT2D eigenvalue weighted by Crippen LogP contribution is 2.34. The summed E-state index contributed by atoms with van der Waals surface area (Å²) < 4.78 is 25.8. The normalized spacial score (nSPS) is 18.3. The smallest absolute Gasteiger partial charge is 0.133 e. The number of halogens is 2. The Labute approximate surface area is 120 Å². The average molecular weight is 333 g/mol. The second kappa shape index (κ2) is 6.68. The summed E-state index contributed by atoms with van der Waals surface area (Å²) in [6.07, 6.45) is 1.20. The van der Waals surface area contributed by atoms with E-state index in [1.165, 1.54) is 6.07 Å². The molecule has 0 aliphatic carbocycles. The monoisotopic (exact) mass is 332 g/mol. The van der Waals surface area contributed by atoms with Crippen LogP contribution in [0, 0.1) is 5.82 Å². The van der Waals surface area contributed by atoms with Crippen molar-refractivity contribution in [2.24, 2.45) is 0 Å². The van der Waals surface area contributed by atoms with E-state index in [9.17, 15) is 9.50 Å². The molecule has 0 aromatic heterocycles. The quantitative estimate of drug-likeness (QED) is 0.915. The maximum atomic E-state index is 14.0. The second-order valence-electron chi connectivity index (χ2n) is 4.65. The summed E-state index contributed by atoms with van der Waals surface area (Å²) >= 11 is 3.26. The van der Waals surface area contributed by atoms with Crippen LogP contribution in [0.1, 0.15) is 37.9 Å². The molecule has 1 fully saturated rings. The molecule has 0 amide bonds. The van der Waals surface area contributed by atoms with Crippen molar-refractivity contribution < 1.29 is 19.0 Å². The molecule has 1 atom stereocenters. The van der Waals surface area contributed by atoms with Crippen LogP contribution in [0.25, 0.3) is 0 Å². The van der Waals surface area contributed by atoms with E-state index in [0.717, 1.165) is 12.8 Å². The molecular formula is C14H18BrFO3. The first-order chi connectivity index (χ1) is 9.11. The number of hydrogen-bond acceptors (Lipinski definition) is 3. The van der Waals surface area contributed by atoms with Gasteiger partial charge in [0.15, 0.2) is 0 Å². The molecule has 0 unspecified atom stereocenters. The van der Waals surface area contributed by atoms with Crippen LogP contribution < -0.4 is 4.74 Å². The second-order valence-corrected chi connectivity index (χ2v) is 5.57. The van der Waals surface area contributed by atoms with E-state index in [-0.39, 0.29) is 11.7 Å². The number of aliphatic hydroxyl groups excluding tert-OH is 1. The Morgan fingerprint density at radius 1 is 1.47 bits per heavy atom. The molecule has 1 heterocycles. The van der Waals surface area contributed by atoms with Crippen molar-refractivity contribution in [3.63, 3.8) is 0 Å². The first-order valence-electron chi connectivity index (χ1n) is 6.53. The Hall–Kier alpha value is -0.650. The zero-order chi connectivity index (χ0) is 13.8. The van der Waals surface area contributed by atoms with Crippen molar-refractivity contribution >= 4 is 15.9 Å². The molecule has 0 bridgehead atoms. The van der Waals surface area contributed by atoms with Gasteiger partial charge in [-0.1, -0.05) is 22.9 Å². The number of benzene rings is 1. The van der Waals surface area contributed by atoms with Gasteiger partial charge in [0.25, 0.3) is 0 Å². The highest BCUT2D eigenvalue weighted by molar-refractivity contribution is 9.10. The van der Waals surface area contributed by atoms with Crippen LogP contribution in [0.5, 0.6) is 5.75 Å². The molecule has 106 valence electrons. The Balaban J connectivity index is 2.26. The van der Waals surface area contributed by atoms with Crippen LogP contribution in [-0.2, 0) is 4.74 Å². The minimum absolute atomic E-state index is 0.0188. The molecule has 0 spiro atoms. The Kier molecular flexibility index (Phi) is 5.19. The molecule has 1 aromatic rings. The van der Waals surface area contributed by atoms with Gasteiger partial charge in [-0.3, -0.25) is 0 Å². The van der Waals surface area contributed by atoms with Crippen LogP contribution in [-0.4, -0.2) is 24.4 Å². The fraction of sp³-hybridized carbons (Fsp3) is 0.571. The minimum Gasteiger partial charge on any atom is -0.490 e. The third-order valence-corrected chi connectivity index (χ3v) is 3.70. The van der Waals surface area contributed by atoms with Gasteiger partial charge in [-0.05, 0) is 18.6 Å². The van der Waals surface area contributed by atoms with Gasteiger partial charge >= 0.3 is 0 Å². The summed E-state index contributed by atoms with van der Waals surface area (Å²) in [5.74, 6) is -0.0149. The molecule has 5 heteroatoms. The Bertz CT molecular complexity index is 433. The molecule has 1 aromatic carbocycles. The summed E-state index contributed by atoms with van der Waals surface area (Å²) in [7, 11) is 0. The predicted octanol–water partition coefficient (Wildman–Crippen LogP) is 3.59. The van der Waals surface area contributed by atoms with Gasteiger partial charge in [0.2, 0.25) is 0 Å². The summed E-state index contributed by atoms with van der Waals surface area (Å²) in [5.41, 5.74) is 0.247. The van der Waals surface area contributed by atoms with Crippen molar-refractivity contribution in [1.29, 1.82) is 0 Å². The molecule has 1 aliphatic rings. The first kappa shape index (κ1) is 14.8. The summed E-state index contributed by atoms with van der Waals surface area (Å²) in [5, 5.41) is 9.95. The van der Waals surface area contributed by atoms with E-state index in [2.05, 4.69) is 15.9 Å². The maximum absolute atomic E-state index is 14.0. The number of aliphatic hydroxyl groups is 1. The van der Waals surface area contributed by atoms with Gasteiger partial charge in [-0.25, -0.2) is 4.39 Å². The summed E-state index contributed by atoms with van der Waals surface area (Å²) in [6.45, 7) is 3.13. The SMILES string of the molecule is CC[C@H](O)c1c(F)cc(Br)cc1OC1CCOCC1. The summed E-state index contributed by atoms with van der Waals surface area (Å²) in [6, 6.07) is 3.07.